The summed E-state index contributed by atoms with van der Waals surface area (Å²) in [6, 6.07) is 5.16. The highest BCUT2D eigenvalue weighted by Gasteiger charge is 2.15. The van der Waals surface area contributed by atoms with E-state index >= 15 is 0 Å². The van der Waals surface area contributed by atoms with Crippen molar-refractivity contribution in [2.45, 2.75) is 26.8 Å². The maximum atomic E-state index is 10.8. The minimum atomic E-state index is -0.377. The lowest BCUT2D eigenvalue weighted by Crippen LogP contribution is -2.17. The number of aryl methyl sites for hydroxylation is 1. The lowest BCUT2D eigenvalue weighted by atomic mass is 10.1. The molecule has 7 heteroatoms. The summed E-state index contributed by atoms with van der Waals surface area (Å²) >= 11 is 1.50. The zero-order valence-electron chi connectivity index (χ0n) is 11.6. The maximum absolute atomic E-state index is 10.8. The van der Waals surface area contributed by atoms with Gasteiger partial charge >= 0.3 is 0 Å². The van der Waals surface area contributed by atoms with Crippen molar-refractivity contribution in [3.8, 4) is 10.6 Å². The number of hydrogen-bond acceptors (Lipinski definition) is 6. The largest absolute Gasteiger partial charge is 0.308 e. The van der Waals surface area contributed by atoms with E-state index in [1.165, 1.54) is 17.4 Å². The summed E-state index contributed by atoms with van der Waals surface area (Å²) in [5, 5.41) is 24.1. The van der Waals surface area contributed by atoms with Gasteiger partial charge in [-0.05, 0) is 32.5 Å². The normalized spacial score (nSPS) is 12.3. The quantitative estimate of drug-likeness (QED) is 0.676. The number of nitrogens with one attached hydrogen (secondary N) is 1. The van der Waals surface area contributed by atoms with Crippen LogP contribution in [0.25, 0.3) is 10.6 Å². The third kappa shape index (κ3) is 3.00. The number of nitrogens with zero attached hydrogens (tertiary/aromatic N) is 3. The zero-order chi connectivity index (χ0) is 14.7. The van der Waals surface area contributed by atoms with Crippen LogP contribution in [0.5, 0.6) is 0 Å². The fourth-order valence-electron chi connectivity index (χ4n) is 1.91. The Bertz CT molecular complexity index is 627. The molecule has 1 unspecified atom stereocenters. The first-order valence-electron chi connectivity index (χ1n) is 6.35. The zero-order valence-corrected chi connectivity index (χ0v) is 12.4. The molecule has 1 atom stereocenters. The van der Waals surface area contributed by atoms with E-state index in [0.29, 0.717) is 5.56 Å². The Morgan fingerprint density at radius 1 is 1.45 bits per heavy atom. The first-order chi connectivity index (χ1) is 9.52. The molecule has 106 valence electrons. The van der Waals surface area contributed by atoms with Crippen LogP contribution in [-0.2, 0) is 0 Å². The van der Waals surface area contributed by atoms with E-state index in [2.05, 4.69) is 15.5 Å². The molecule has 0 spiro atoms. The van der Waals surface area contributed by atoms with Crippen LogP contribution in [-0.4, -0.2) is 21.7 Å². The van der Waals surface area contributed by atoms with Crippen LogP contribution in [0.2, 0.25) is 0 Å². The monoisotopic (exact) mass is 292 g/mol. The standard InChI is InChI=1S/C13H16N4O2S/c1-4-14-9(3)12-15-16-13(20-12)10-5-6-11(17(18)19)8(2)7-10/h5-7,9,14H,4H2,1-3H3. The number of nitro benzene ring substituents is 1. The molecule has 20 heavy (non-hydrogen) atoms. The van der Waals surface area contributed by atoms with Gasteiger partial charge in [-0.1, -0.05) is 18.3 Å². The van der Waals surface area contributed by atoms with E-state index in [0.717, 1.165) is 22.1 Å². The van der Waals surface area contributed by atoms with Gasteiger partial charge in [-0.25, -0.2) is 0 Å². The molecule has 0 aliphatic carbocycles. The van der Waals surface area contributed by atoms with Gasteiger partial charge in [0.15, 0.2) is 0 Å². The van der Waals surface area contributed by atoms with Crippen molar-refractivity contribution < 1.29 is 4.92 Å². The highest BCUT2D eigenvalue weighted by atomic mass is 32.1. The van der Waals surface area contributed by atoms with Gasteiger partial charge in [0.2, 0.25) is 0 Å². The van der Waals surface area contributed by atoms with Gasteiger partial charge in [0.05, 0.1) is 11.0 Å². The van der Waals surface area contributed by atoms with E-state index in [1.807, 2.05) is 13.8 Å². The third-order valence-corrected chi connectivity index (χ3v) is 4.12. The Balaban J connectivity index is 2.28. The van der Waals surface area contributed by atoms with Crippen molar-refractivity contribution in [1.29, 1.82) is 0 Å². The minimum absolute atomic E-state index is 0.125. The van der Waals surface area contributed by atoms with Crippen LogP contribution >= 0.6 is 11.3 Å². The second-order valence-electron chi connectivity index (χ2n) is 4.48. The summed E-state index contributed by atoms with van der Waals surface area (Å²) < 4.78 is 0. The summed E-state index contributed by atoms with van der Waals surface area (Å²) in [7, 11) is 0. The van der Waals surface area contributed by atoms with E-state index < -0.39 is 0 Å². The molecule has 1 N–H and O–H groups in total. The van der Waals surface area contributed by atoms with Gasteiger partial charge in [0.1, 0.15) is 10.0 Å². The topological polar surface area (TPSA) is 81.0 Å². The van der Waals surface area contributed by atoms with Crippen LogP contribution in [0.3, 0.4) is 0 Å². The first kappa shape index (κ1) is 14.5. The number of rotatable bonds is 5. The molecule has 0 fully saturated rings. The Morgan fingerprint density at radius 3 is 2.80 bits per heavy atom. The molecule has 2 rings (SSSR count). The van der Waals surface area contributed by atoms with E-state index in [4.69, 9.17) is 0 Å². The molecular weight excluding hydrogens is 276 g/mol. The Hall–Kier alpha value is -1.86. The minimum Gasteiger partial charge on any atom is -0.308 e. The van der Waals surface area contributed by atoms with Crippen LogP contribution in [0.15, 0.2) is 18.2 Å². The summed E-state index contributed by atoms with van der Waals surface area (Å²) in [4.78, 5) is 10.4. The average Bonchev–Trinajstić information content (AvgIpc) is 2.88. The van der Waals surface area contributed by atoms with Crippen molar-refractivity contribution >= 4 is 17.0 Å². The lowest BCUT2D eigenvalue weighted by molar-refractivity contribution is -0.385. The van der Waals surface area contributed by atoms with Crippen LogP contribution in [0.4, 0.5) is 5.69 Å². The van der Waals surface area contributed by atoms with Gasteiger partial charge < -0.3 is 5.32 Å². The van der Waals surface area contributed by atoms with Gasteiger partial charge in [0, 0.05) is 17.2 Å². The predicted molar refractivity (Wildman–Crippen MR) is 78.8 cm³/mol. The fraction of sp³-hybridized carbons (Fsp3) is 0.385. The van der Waals surface area contributed by atoms with Gasteiger partial charge in [-0.15, -0.1) is 10.2 Å². The van der Waals surface area contributed by atoms with Crippen LogP contribution in [0, 0.1) is 17.0 Å². The highest BCUT2D eigenvalue weighted by molar-refractivity contribution is 7.14. The number of hydrogen-bond donors (Lipinski definition) is 1. The Morgan fingerprint density at radius 2 is 2.20 bits per heavy atom. The van der Waals surface area contributed by atoms with Crippen molar-refractivity contribution in [3.05, 3.63) is 38.9 Å². The summed E-state index contributed by atoms with van der Waals surface area (Å²) in [5.41, 5.74) is 1.61. The summed E-state index contributed by atoms with van der Waals surface area (Å²) in [5.74, 6) is 0. The van der Waals surface area contributed by atoms with Gasteiger partial charge in [-0.2, -0.15) is 0 Å². The van der Waals surface area contributed by atoms with Gasteiger partial charge in [-0.3, -0.25) is 10.1 Å². The van der Waals surface area contributed by atoms with Crippen LogP contribution < -0.4 is 5.32 Å². The Kier molecular flexibility index (Phi) is 4.41. The molecule has 2 aromatic rings. The van der Waals surface area contributed by atoms with Gasteiger partial charge in [0.25, 0.3) is 5.69 Å². The van der Waals surface area contributed by atoms with E-state index in [-0.39, 0.29) is 16.7 Å². The molecule has 0 aliphatic heterocycles. The molecule has 0 aliphatic rings. The van der Waals surface area contributed by atoms with E-state index in [1.54, 1.807) is 19.1 Å². The second kappa shape index (κ2) is 6.06. The predicted octanol–water partition coefficient (Wildman–Crippen LogP) is 3.09. The number of nitro groups is 1. The van der Waals surface area contributed by atoms with Crippen molar-refractivity contribution in [3.63, 3.8) is 0 Å². The van der Waals surface area contributed by atoms with Crippen LogP contribution in [0.1, 0.15) is 30.5 Å². The van der Waals surface area contributed by atoms with Crippen molar-refractivity contribution in [2.75, 3.05) is 6.54 Å². The fourth-order valence-corrected chi connectivity index (χ4v) is 2.78. The molecule has 0 amide bonds. The molecular formula is C13H16N4O2S. The molecule has 1 heterocycles. The molecule has 0 radical (unpaired) electrons. The first-order valence-corrected chi connectivity index (χ1v) is 7.16. The lowest BCUT2D eigenvalue weighted by Gasteiger charge is -2.06. The molecule has 1 aromatic heterocycles. The molecule has 0 saturated heterocycles. The number of aromatic nitrogens is 2. The Labute approximate surface area is 121 Å². The summed E-state index contributed by atoms with van der Waals surface area (Å²) in [6.07, 6.45) is 0. The summed E-state index contributed by atoms with van der Waals surface area (Å²) in [6.45, 7) is 6.67. The van der Waals surface area contributed by atoms with Crippen molar-refractivity contribution in [1.82, 2.24) is 15.5 Å². The maximum Gasteiger partial charge on any atom is 0.272 e. The molecule has 6 nitrogen and oxygen atoms in total. The third-order valence-electron chi connectivity index (χ3n) is 2.96. The smallest absolute Gasteiger partial charge is 0.272 e. The number of benzene rings is 1. The van der Waals surface area contributed by atoms with E-state index in [9.17, 15) is 10.1 Å². The van der Waals surface area contributed by atoms with Crippen molar-refractivity contribution in [2.24, 2.45) is 0 Å². The average molecular weight is 292 g/mol. The molecule has 0 saturated carbocycles. The second-order valence-corrected chi connectivity index (χ2v) is 5.49. The SMILES string of the molecule is CCNC(C)c1nnc(-c2ccc([N+](=O)[O-])c(C)c2)s1. The highest BCUT2D eigenvalue weighted by Crippen LogP contribution is 2.29. The molecule has 1 aromatic carbocycles. The molecule has 0 bridgehead atoms.